The molecule has 0 saturated carbocycles. The molecule has 0 saturated heterocycles. The number of aromatic nitrogens is 3. The highest BCUT2D eigenvalue weighted by atomic mass is 32.1. The maximum Gasteiger partial charge on any atom is 0.0732 e. The Morgan fingerprint density at radius 2 is 2.08 bits per heavy atom. The Labute approximate surface area is 73.2 Å². The van der Waals surface area contributed by atoms with E-state index in [1.807, 2.05) is 6.07 Å². The first kappa shape index (κ1) is 7.17. The van der Waals surface area contributed by atoms with Crippen LogP contribution in [0.25, 0.3) is 10.4 Å². The van der Waals surface area contributed by atoms with Gasteiger partial charge < -0.3 is 5.73 Å². The van der Waals surface area contributed by atoms with Gasteiger partial charge in [0, 0.05) is 11.8 Å². The van der Waals surface area contributed by atoms with Gasteiger partial charge in [0.25, 0.3) is 0 Å². The predicted molar refractivity (Wildman–Crippen MR) is 47.6 cm³/mol. The second-order valence-electron chi connectivity index (χ2n) is 2.23. The van der Waals surface area contributed by atoms with Gasteiger partial charge in [-0.05, 0) is 17.6 Å². The van der Waals surface area contributed by atoms with Crippen molar-refractivity contribution in [3.63, 3.8) is 0 Å². The van der Waals surface area contributed by atoms with Crippen LogP contribution in [0.15, 0.2) is 24.7 Å². The molecule has 0 aromatic carbocycles. The van der Waals surface area contributed by atoms with Crippen LogP contribution in [-0.2, 0) is 0 Å². The largest absolute Gasteiger partial charge is 0.397 e. The monoisotopic (exact) mass is 178 g/mol. The first-order chi connectivity index (χ1) is 5.88. The molecule has 2 rings (SSSR count). The summed E-state index contributed by atoms with van der Waals surface area (Å²) in [7, 11) is 0. The fourth-order valence-corrected chi connectivity index (χ4v) is 1.52. The van der Waals surface area contributed by atoms with Crippen molar-refractivity contribution >= 4 is 17.2 Å². The van der Waals surface area contributed by atoms with Crippen LogP contribution in [0.1, 0.15) is 0 Å². The third-order valence-electron chi connectivity index (χ3n) is 1.46. The Hall–Kier alpha value is -1.49. The summed E-state index contributed by atoms with van der Waals surface area (Å²) in [6.45, 7) is 0. The highest BCUT2D eigenvalue weighted by molar-refractivity contribution is 7.09. The number of nitrogens with zero attached hydrogens (tertiary/aromatic N) is 3. The molecule has 0 aliphatic heterocycles. The van der Waals surface area contributed by atoms with Gasteiger partial charge in [-0.15, -0.1) is 0 Å². The number of nitrogens with two attached hydrogens (primary N) is 1. The Kier molecular flexibility index (Phi) is 1.71. The molecule has 2 N–H and O–H groups in total. The smallest absolute Gasteiger partial charge is 0.0732 e. The fourth-order valence-electron chi connectivity index (χ4n) is 0.891. The molecule has 5 heteroatoms. The molecule has 2 heterocycles. The number of rotatable bonds is 1. The Morgan fingerprint density at radius 1 is 1.25 bits per heavy atom. The summed E-state index contributed by atoms with van der Waals surface area (Å²) in [6, 6.07) is 1.90. The zero-order chi connectivity index (χ0) is 8.39. The van der Waals surface area contributed by atoms with Crippen LogP contribution in [0, 0.1) is 0 Å². The van der Waals surface area contributed by atoms with Crippen LogP contribution in [0.3, 0.4) is 0 Å². The van der Waals surface area contributed by atoms with Gasteiger partial charge in [0.2, 0.25) is 0 Å². The van der Waals surface area contributed by atoms with E-state index in [-0.39, 0.29) is 0 Å². The van der Waals surface area contributed by atoms with E-state index in [1.54, 1.807) is 12.4 Å². The average Bonchev–Trinajstić information content (AvgIpc) is 2.57. The van der Waals surface area contributed by atoms with Gasteiger partial charge in [-0.1, -0.05) is 0 Å². The molecule has 0 radical (unpaired) electrons. The lowest BCUT2D eigenvalue weighted by atomic mass is 10.2. The Balaban J connectivity index is 2.55. The predicted octanol–water partition coefficient (Wildman–Crippen LogP) is 1.18. The number of hydrogen-bond acceptors (Lipinski definition) is 5. The molecule has 0 fully saturated rings. The van der Waals surface area contributed by atoms with Crippen molar-refractivity contribution in [1.82, 2.24) is 14.6 Å². The molecule has 12 heavy (non-hydrogen) atoms. The van der Waals surface area contributed by atoms with Crippen molar-refractivity contribution in [1.29, 1.82) is 0 Å². The molecule has 0 amide bonds. The van der Waals surface area contributed by atoms with Crippen LogP contribution >= 0.6 is 11.5 Å². The molecule has 4 nitrogen and oxygen atoms in total. The maximum absolute atomic E-state index is 5.69. The van der Waals surface area contributed by atoms with E-state index in [4.69, 9.17) is 5.73 Å². The van der Waals surface area contributed by atoms with E-state index in [0.29, 0.717) is 5.69 Å². The molecule has 0 atom stereocenters. The number of anilines is 1. The van der Waals surface area contributed by atoms with Crippen molar-refractivity contribution in [2.24, 2.45) is 0 Å². The molecule has 60 valence electrons. The molecule has 0 aliphatic carbocycles. The van der Waals surface area contributed by atoms with Crippen LogP contribution < -0.4 is 5.73 Å². The SMILES string of the molecule is Nc1cnncc1-c1ccns1. The summed E-state index contributed by atoms with van der Waals surface area (Å²) < 4.78 is 3.98. The molecule has 0 bridgehead atoms. The van der Waals surface area contributed by atoms with Gasteiger partial charge in [-0.25, -0.2) is 4.37 Å². The second-order valence-corrected chi connectivity index (χ2v) is 3.07. The van der Waals surface area contributed by atoms with E-state index >= 15 is 0 Å². The summed E-state index contributed by atoms with van der Waals surface area (Å²) in [6.07, 6.45) is 4.91. The van der Waals surface area contributed by atoms with Gasteiger partial charge in [-0.3, -0.25) is 0 Å². The molecule has 0 unspecified atom stereocenters. The van der Waals surface area contributed by atoms with Crippen molar-refractivity contribution in [2.45, 2.75) is 0 Å². The molecule has 0 spiro atoms. The van der Waals surface area contributed by atoms with Gasteiger partial charge in [0.05, 0.1) is 23.0 Å². The van der Waals surface area contributed by atoms with Crippen molar-refractivity contribution < 1.29 is 0 Å². The Bertz CT molecular complexity index is 371. The normalized spacial score (nSPS) is 10.0. The quantitative estimate of drug-likeness (QED) is 0.712. The first-order valence-corrected chi connectivity index (χ1v) is 4.12. The minimum Gasteiger partial charge on any atom is -0.397 e. The van der Waals surface area contributed by atoms with Crippen LogP contribution in [0.5, 0.6) is 0 Å². The van der Waals surface area contributed by atoms with Gasteiger partial charge in [0.1, 0.15) is 0 Å². The van der Waals surface area contributed by atoms with Crippen molar-refractivity contribution in [3.05, 3.63) is 24.7 Å². The zero-order valence-electron chi connectivity index (χ0n) is 6.14. The second kappa shape index (κ2) is 2.86. The maximum atomic E-state index is 5.69. The molecule has 0 aliphatic rings. The van der Waals surface area contributed by atoms with E-state index in [1.165, 1.54) is 17.7 Å². The third kappa shape index (κ3) is 1.14. The van der Waals surface area contributed by atoms with Crippen LogP contribution in [0.4, 0.5) is 5.69 Å². The van der Waals surface area contributed by atoms with Crippen LogP contribution in [-0.4, -0.2) is 14.6 Å². The van der Waals surface area contributed by atoms with Crippen LogP contribution in [0.2, 0.25) is 0 Å². The highest BCUT2D eigenvalue weighted by Gasteiger charge is 2.03. The minimum atomic E-state index is 0.634. The minimum absolute atomic E-state index is 0.634. The zero-order valence-corrected chi connectivity index (χ0v) is 6.95. The molecule has 2 aromatic rings. The lowest BCUT2D eigenvalue weighted by molar-refractivity contribution is 1.04. The van der Waals surface area contributed by atoms with E-state index in [2.05, 4.69) is 14.6 Å². The summed E-state index contributed by atoms with van der Waals surface area (Å²) in [4.78, 5) is 1.02. The van der Waals surface area contributed by atoms with Gasteiger partial charge in [0.15, 0.2) is 0 Å². The van der Waals surface area contributed by atoms with E-state index in [9.17, 15) is 0 Å². The number of hydrogen-bond donors (Lipinski definition) is 1. The molecular weight excluding hydrogens is 172 g/mol. The third-order valence-corrected chi connectivity index (χ3v) is 2.24. The van der Waals surface area contributed by atoms with Crippen molar-refractivity contribution in [2.75, 3.05) is 5.73 Å². The lowest BCUT2D eigenvalue weighted by Crippen LogP contribution is -1.91. The summed E-state index contributed by atoms with van der Waals surface area (Å²) in [5.74, 6) is 0. The highest BCUT2D eigenvalue weighted by Crippen LogP contribution is 2.26. The number of nitrogen functional groups attached to an aromatic ring is 1. The van der Waals surface area contributed by atoms with Gasteiger partial charge in [-0.2, -0.15) is 10.2 Å². The summed E-state index contributed by atoms with van der Waals surface area (Å²) in [5, 5.41) is 7.41. The standard InChI is InChI=1S/C7H6N4S/c8-6-4-10-9-3-5(6)7-1-2-11-12-7/h1-4H,(H2,8,9). The average molecular weight is 178 g/mol. The topological polar surface area (TPSA) is 64.7 Å². The van der Waals surface area contributed by atoms with E-state index < -0.39 is 0 Å². The summed E-state index contributed by atoms with van der Waals surface area (Å²) in [5.41, 5.74) is 7.22. The molecular formula is C7H6N4S. The van der Waals surface area contributed by atoms with Crippen molar-refractivity contribution in [3.8, 4) is 10.4 Å². The Morgan fingerprint density at radius 3 is 2.75 bits per heavy atom. The van der Waals surface area contributed by atoms with Gasteiger partial charge >= 0.3 is 0 Å². The fraction of sp³-hybridized carbons (Fsp3) is 0. The summed E-state index contributed by atoms with van der Waals surface area (Å²) >= 11 is 1.39. The molecule has 2 aromatic heterocycles. The lowest BCUT2D eigenvalue weighted by Gasteiger charge is -1.97. The first-order valence-electron chi connectivity index (χ1n) is 3.35. The van der Waals surface area contributed by atoms with E-state index in [0.717, 1.165) is 10.4 Å².